The van der Waals surface area contributed by atoms with E-state index in [0.29, 0.717) is 0 Å². The Morgan fingerprint density at radius 3 is 2.62 bits per heavy atom. The number of nitrogens with zero attached hydrogens (tertiary/aromatic N) is 4. The van der Waals surface area contributed by atoms with Gasteiger partial charge in [-0.05, 0) is 37.5 Å². The summed E-state index contributed by atoms with van der Waals surface area (Å²) in [5.74, 6) is 0.893. The van der Waals surface area contributed by atoms with Crippen molar-refractivity contribution in [3.8, 4) is 0 Å². The van der Waals surface area contributed by atoms with E-state index >= 15 is 0 Å². The molecule has 0 radical (unpaired) electrons. The normalized spacial score (nSPS) is 11.7. The van der Waals surface area contributed by atoms with Crippen molar-refractivity contribution < 1.29 is 0 Å². The summed E-state index contributed by atoms with van der Waals surface area (Å²) in [4.78, 5) is 6.52. The number of aryl methyl sites for hydroxylation is 2. The molecule has 1 aromatic carbocycles. The van der Waals surface area contributed by atoms with Crippen LogP contribution in [0.5, 0.6) is 0 Å². The van der Waals surface area contributed by atoms with Gasteiger partial charge in [0.2, 0.25) is 0 Å². The Morgan fingerprint density at radius 2 is 2.04 bits per heavy atom. The number of halogens is 1. The third-order valence-electron chi connectivity index (χ3n) is 4.26. The predicted octanol–water partition coefficient (Wildman–Crippen LogP) is 3.05. The van der Waals surface area contributed by atoms with E-state index in [1.165, 1.54) is 16.8 Å². The van der Waals surface area contributed by atoms with Gasteiger partial charge in [-0.25, -0.2) is 0 Å². The van der Waals surface area contributed by atoms with Gasteiger partial charge in [-0.15, -0.1) is 0 Å². The molecule has 2 rings (SSSR count). The molecule has 5 nitrogen and oxygen atoms in total. The molecule has 1 N–H and O–H groups in total. The Labute approximate surface area is 152 Å². The fourth-order valence-electron chi connectivity index (χ4n) is 2.82. The van der Waals surface area contributed by atoms with Gasteiger partial charge in [-0.1, -0.05) is 34.1 Å². The zero-order valence-electron chi connectivity index (χ0n) is 15.1. The van der Waals surface area contributed by atoms with E-state index in [0.717, 1.165) is 35.6 Å². The highest BCUT2D eigenvalue weighted by Crippen LogP contribution is 2.17. The Bertz CT molecular complexity index is 720. The molecular weight excluding hydrogens is 366 g/mol. The number of rotatable bonds is 5. The lowest BCUT2D eigenvalue weighted by atomic mass is 10.1. The maximum atomic E-state index is 4.47. The first-order valence-electron chi connectivity index (χ1n) is 8.08. The minimum absolute atomic E-state index is 0.798. The highest BCUT2D eigenvalue weighted by Gasteiger charge is 2.11. The molecule has 1 aromatic heterocycles. The first kappa shape index (κ1) is 18.5. The molecule has 2 aromatic rings. The van der Waals surface area contributed by atoms with Gasteiger partial charge in [-0.3, -0.25) is 9.67 Å². The van der Waals surface area contributed by atoms with Gasteiger partial charge in [0.25, 0.3) is 0 Å². The van der Waals surface area contributed by atoms with Gasteiger partial charge in [0.15, 0.2) is 5.96 Å². The zero-order chi connectivity index (χ0) is 17.7. The van der Waals surface area contributed by atoms with E-state index in [4.69, 9.17) is 0 Å². The molecule has 1 heterocycles. The third kappa shape index (κ3) is 4.38. The van der Waals surface area contributed by atoms with Gasteiger partial charge in [0.05, 0.1) is 5.69 Å². The van der Waals surface area contributed by atoms with Gasteiger partial charge >= 0.3 is 0 Å². The quantitative estimate of drug-likeness (QED) is 0.629. The molecule has 0 bridgehead atoms. The lowest BCUT2D eigenvalue weighted by Gasteiger charge is -2.22. The summed E-state index contributed by atoms with van der Waals surface area (Å²) in [6, 6.07) is 8.26. The highest BCUT2D eigenvalue weighted by molar-refractivity contribution is 9.10. The van der Waals surface area contributed by atoms with Crippen LogP contribution in [0.3, 0.4) is 0 Å². The van der Waals surface area contributed by atoms with Crippen LogP contribution in [0.15, 0.2) is 33.7 Å². The molecule has 130 valence electrons. The Morgan fingerprint density at radius 1 is 1.33 bits per heavy atom. The summed E-state index contributed by atoms with van der Waals surface area (Å²) < 4.78 is 3.06. The van der Waals surface area contributed by atoms with E-state index in [1.807, 2.05) is 24.8 Å². The Kier molecular flexibility index (Phi) is 6.43. The molecule has 0 unspecified atom stereocenters. The van der Waals surface area contributed by atoms with Crippen LogP contribution in [0, 0.1) is 13.8 Å². The van der Waals surface area contributed by atoms with Crippen molar-refractivity contribution in [2.24, 2.45) is 12.0 Å². The number of hydrogen-bond donors (Lipinski definition) is 1. The van der Waals surface area contributed by atoms with Crippen LogP contribution in [0.4, 0.5) is 0 Å². The topological polar surface area (TPSA) is 45.5 Å². The highest BCUT2D eigenvalue weighted by atomic mass is 79.9. The molecule has 6 heteroatoms. The molecule has 0 aliphatic heterocycles. The summed E-state index contributed by atoms with van der Waals surface area (Å²) >= 11 is 3.60. The van der Waals surface area contributed by atoms with Crippen molar-refractivity contribution in [2.75, 3.05) is 20.6 Å². The minimum Gasteiger partial charge on any atom is -0.356 e. The number of hydrogen-bond acceptors (Lipinski definition) is 2. The average Bonchev–Trinajstić information content (AvgIpc) is 2.79. The maximum Gasteiger partial charge on any atom is 0.193 e. The molecular formula is C18H26BrN5. The second-order valence-corrected chi connectivity index (χ2v) is 6.80. The van der Waals surface area contributed by atoms with E-state index in [9.17, 15) is 0 Å². The summed E-state index contributed by atoms with van der Waals surface area (Å²) in [6.45, 7) is 5.81. The zero-order valence-corrected chi connectivity index (χ0v) is 16.7. The average molecular weight is 392 g/mol. The van der Waals surface area contributed by atoms with Crippen LogP contribution >= 0.6 is 15.9 Å². The fourth-order valence-corrected chi connectivity index (χ4v) is 3.23. The first-order valence-corrected chi connectivity index (χ1v) is 8.87. The molecule has 0 fully saturated rings. The number of aliphatic imine (C=N–C) groups is 1. The number of benzene rings is 1. The molecule has 0 saturated carbocycles. The standard InChI is InChI=1S/C18H26BrN5/c1-13-16(14(2)24(5)22-13)10-11-21-18(20-3)23(4)12-15-8-6-7-9-17(15)19/h6-9H,10-12H2,1-5H3,(H,20,21). The summed E-state index contributed by atoms with van der Waals surface area (Å²) in [5, 5.41) is 7.92. The molecule has 0 atom stereocenters. The van der Waals surface area contributed by atoms with Crippen LogP contribution in [0.1, 0.15) is 22.5 Å². The van der Waals surface area contributed by atoms with Crippen molar-refractivity contribution in [3.05, 3.63) is 51.3 Å². The smallest absolute Gasteiger partial charge is 0.193 e. The van der Waals surface area contributed by atoms with Crippen LogP contribution in [-0.2, 0) is 20.0 Å². The van der Waals surface area contributed by atoms with Gasteiger partial charge in [0, 0.05) is 44.4 Å². The molecule has 0 saturated heterocycles. The second-order valence-electron chi connectivity index (χ2n) is 5.94. The van der Waals surface area contributed by atoms with Crippen LogP contribution < -0.4 is 5.32 Å². The van der Waals surface area contributed by atoms with Crippen molar-refractivity contribution in [1.82, 2.24) is 20.0 Å². The third-order valence-corrected chi connectivity index (χ3v) is 5.03. The maximum absolute atomic E-state index is 4.47. The molecule has 0 amide bonds. The van der Waals surface area contributed by atoms with Crippen molar-refractivity contribution in [1.29, 1.82) is 0 Å². The fraction of sp³-hybridized carbons (Fsp3) is 0.444. The number of aromatic nitrogens is 2. The summed E-state index contributed by atoms with van der Waals surface area (Å²) in [5.41, 5.74) is 4.88. The second kappa shape index (κ2) is 8.33. The van der Waals surface area contributed by atoms with Crippen molar-refractivity contribution in [3.63, 3.8) is 0 Å². The van der Waals surface area contributed by atoms with Crippen molar-refractivity contribution in [2.45, 2.75) is 26.8 Å². The predicted molar refractivity (Wildman–Crippen MR) is 103 cm³/mol. The van der Waals surface area contributed by atoms with Crippen LogP contribution in [0.2, 0.25) is 0 Å². The van der Waals surface area contributed by atoms with Gasteiger partial charge < -0.3 is 10.2 Å². The van der Waals surface area contributed by atoms with E-state index < -0.39 is 0 Å². The lowest BCUT2D eigenvalue weighted by molar-refractivity contribution is 0.476. The summed E-state index contributed by atoms with van der Waals surface area (Å²) in [6.07, 6.45) is 0.938. The molecule has 0 aliphatic carbocycles. The van der Waals surface area contributed by atoms with E-state index in [1.54, 1.807) is 0 Å². The van der Waals surface area contributed by atoms with Crippen molar-refractivity contribution >= 4 is 21.9 Å². The minimum atomic E-state index is 0.798. The largest absolute Gasteiger partial charge is 0.356 e. The Balaban J connectivity index is 1.93. The van der Waals surface area contributed by atoms with Gasteiger partial charge in [-0.2, -0.15) is 5.10 Å². The first-order chi connectivity index (χ1) is 11.4. The Hall–Kier alpha value is -1.82. The van der Waals surface area contributed by atoms with Gasteiger partial charge in [0.1, 0.15) is 0 Å². The molecule has 0 spiro atoms. The van der Waals surface area contributed by atoms with E-state index in [2.05, 4.69) is 75.3 Å². The summed E-state index contributed by atoms with van der Waals surface area (Å²) in [7, 11) is 5.86. The van der Waals surface area contributed by atoms with Crippen LogP contribution in [-0.4, -0.2) is 41.3 Å². The monoisotopic (exact) mass is 391 g/mol. The number of guanidine groups is 1. The van der Waals surface area contributed by atoms with E-state index in [-0.39, 0.29) is 0 Å². The number of nitrogens with one attached hydrogen (secondary N) is 1. The molecule has 24 heavy (non-hydrogen) atoms. The SMILES string of the molecule is CN=C(NCCc1c(C)nn(C)c1C)N(C)Cc1ccccc1Br. The van der Waals surface area contributed by atoms with Crippen LogP contribution in [0.25, 0.3) is 0 Å². The lowest BCUT2D eigenvalue weighted by Crippen LogP contribution is -2.39. The molecule has 0 aliphatic rings.